The predicted molar refractivity (Wildman–Crippen MR) is 86.1 cm³/mol. The minimum Gasteiger partial charge on any atom is -0.479 e. The lowest BCUT2D eigenvalue weighted by Crippen LogP contribution is -2.42. The van der Waals surface area contributed by atoms with Gasteiger partial charge < -0.3 is 30.2 Å². The molecule has 0 saturated carbocycles. The van der Waals surface area contributed by atoms with Gasteiger partial charge in [0.1, 0.15) is 23.8 Å². The van der Waals surface area contributed by atoms with E-state index in [0.29, 0.717) is 11.2 Å². The molecule has 2 aliphatic rings. The van der Waals surface area contributed by atoms with Crippen molar-refractivity contribution >= 4 is 34.6 Å². The molecule has 11 nitrogen and oxygen atoms in total. The molecule has 0 bridgehead atoms. The fraction of sp³-hybridized carbons (Fsp3) is 0.571. The molecule has 2 aromatic heterocycles. The third kappa shape index (κ3) is 2.59. The van der Waals surface area contributed by atoms with Crippen molar-refractivity contribution in [1.29, 1.82) is 0 Å². The van der Waals surface area contributed by atoms with E-state index in [0.717, 1.165) is 0 Å². The number of halogens is 1. The molecule has 0 aromatic carbocycles. The lowest BCUT2D eigenvalue weighted by molar-refractivity contribution is -0.210. The van der Waals surface area contributed by atoms with E-state index in [2.05, 4.69) is 15.0 Å². The number of aliphatic carboxylic acids is 1. The summed E-state index contributed by atoms with van der Waals surface area (Å²) in [5.74, 6) is -2.30. The standard InChI is InChI=1S/C14H16ClN5O6/c1-14(2)25-7-6(5(21)12(22)23)24-11(8(7)26-14)20-3-17-4-9(16)18-13(15)19-10(4)20/h3,5-8,11,21H,1-2H3,(H,22,23)(H2,16,18,19)/t5?,6-,7-,8-,11-/m1/s1. The fourth-order valence-corrected chi connectivity index (χ4v) is 3.49. The van der Waals surface area contributed by atoms with Crippen LogP contribution in [-0.4, -0.2) is 65.9 Å². The molecule has 12 heteroatoms. The van der Waals surface area contributed by atoms with E-state index in [9.17, 15) is 9.90 Å². The number of ether oxygens (including phenoxy) is 3. The highest BCUT2D eigenvalue weighted by molar-refractivity contribution is 6.28. The van der Waals surface area contributed by atoms with Gasteiger partial charge in [-0.25, -0.2) is 9.78 Å². The summed E-state index contributed by atoms with van der Waals surface area (Å²) in [7, 11) is 0. The van der Waals surface area contributed by atoms with Crippen LogP contribution in [0.4, 0.5) is 5.82 Å². The van der Waals surface area contributed by atoms with Crippen LogP contribution in [0.2, 0.25) is 5.28 Å². The second-order valence-corrected chi connectivity index (χ2v) is 6.88. The zero-order valence-corrected chi connectivity index (χ0v) is 14.5. The van der Waals surface area contributed by atoms with Crippen LogP contribution in [0.3, 0.4) is 0 Å². The van der Waals surface area contributed by atoms with Crippen molar-refractivity contribution in [3.63, 3.8) is 0 Å². The Morgan fingerprint density at radius 3 is 2.77 bits per heavy atom. The Hall–Kier alpha value is -2.05. The number of aromatic nitrogens is 4. The van der Waals surface area contributed by atoms with E-state index >= 15 is 0 Å². The van der Waals surface area contributed by atoms with Crippen molar-refractivity contribution < 1.29 is 29.2 Å². The van der Waals surface area contributed by atoms with Gasteiger partial charge in [-0.05, 0) is 25.4 Å². The number of carboxylic acids is 1. The Morgan fingerprint density at radius 1 is 1.38 bits per heavy atom. The monoisotopic (exact) mass is 385 g/mol. The van der Waals surface area contributed by atoms with Crippen LogP contribution in [0.15, 0.2) is 6.33 Å². The van der Waals surface area contributed by atoms with Gasteiger partial charge in [-0.3, -0.25) is 4.57 Å². The zero-order valence-electron chi connectivity index (χ0n) is 13.7. The van der Waals surface area contributed by atoms with E-state index in [1.54, 1.807) is 13.8 Å². The number of carbonyl (C=O) groups is 1. The second-order valence-electron chi connectivity index (χ2n) is 6.54. The Bertz CT molecular complexity index is 888. The molecular weight excluding hydrogens is 370 g/mol. The van der Waals surface area contributed by atoms with Crippen LogP contribution in [0, 0.1) is 0 Å². The molecule has 2 aromatic rings. The Balaban J connectivity index is 1.78. The number of carboxylic acid groups (broad SMARTS) is 1. The Kier molecular flexibility index (Phi) is 3.82. The van der Waals surface area contributed by atoms with Gasteiger partial charge in [0.2, 0.25) is 5.28 Å². The largest absolute Gasteiger partial charge is 0.479 e. The number of rotatable bonds is 3. The first-order valence-corrected chi connectivity index (χ1v) is 8.13. The van der Waals surface area contributed by atoms with Crippen molar-refractivity contribution in [1.82, 2.24) is 19.5 Å². The summed E-state index contributed by atoms with van der Waals surface area (Å²) < 4.78 is 18.9. The number of imidazole rings is 1. The molecule has 0 radical (unpaired) electrons. The first-order chi connectivity index (χ1) is 12.2. The predicted octanol–water partition coefficient (Wildman–Crippen LogP) is -0.0751. The van der Waals surface area contributed by atoms with Crippen LogP contribution in [0.25, 0.3) is 11.2 Å². The maximum atomic E-state index is 11.2. The lowest BCUT2D eigenvalue weighted by Gasteiger charge is -2.25. The van der Waals surface area contributed by atoms with E-state index in [1.165, 1.54) is 10.9 Å². The minimum absolute atomic E-state index is 0.0719. The molecule has 4 rings (SSSR count). The summed E-state index contributed by atoms with van der Waals surface area (Å²) in [4.78, 5) is 23.3. The molecule has 4 N–H and O–H groups in total. The number of nitrogen functional groups attached to an aromatic ring is 1. The van der Waals surface area contributed by atoms with Gasteiger partial charge in [-0.2, -0.15) is 9.97 Å². The van der Waals surface area contributed by atoms with Crippen LogP contribution in [-0.2, 0) is 19.0 Å². The molecule has 1 unspecified atom stereocenters. The zero-order chi connectivity index (χ0) is 18.8. The molecule has 0 aliphatic carbocycles. The number of aliphatic hydroxyl groups is 1. The molecule has 26 heavy (non-hydrogen) atoms. The van der Waals surface area contributed by atoms with Crippen LogP contribution in [0.1, 0.15) is 20.1 Å². The summed E-state index contributed by atoms with van der Waals surface area (Å²) >= 11 is 5.88. The highest BCUT2D eigenvalue weighted by Crippen LogP contribution is 2.44. The first kappa shape index (κ1) is 17.4. The van der Waals surface area contributed by atoms with Gasteiger partial charge in [-0.15, -0.1) is 0 Å². The summed E-state index contributed by atoms with van der Waals surface area (Å²) in [6.07, 6.45) is -3.86. The molecule has 5 atom stereocenters. The van der Waals surface area contributed by atoms with E-state index < -0.39 is 42.4 Å². The highest BCUT2D eigenvalue weighted by Gasteiger charge is 2.59. The van der Waals surface area contributed by atoms with E-state index in [-0.39, 0.29) is 11.1 Å². The van der Waals surface area contributed by atoms with Crippen molar-refractivity contribution in [3.05, 3.63) is 11.6 Å². The van der Waals surface area contributed by atoms with Crippen LogP contribution >= 0.6 is 11.6 Å². The molecule has 2 fully saturated rings. The SMILES string of the molecule is CC1(C)O[C@@H]2[C@H](O1)[C@@H](C(O)C(=O)O)O[C@H]2n1cnc2c(N)nc(Cl)nc21. The average Bonchev–Trinajstić information content (AvgIpc) is 3.17. The fourth-order valence-electron chi connectivity index (χ4n) is 3.32. The smallest absolute Gasteiger partial charge is 0.335 e. The average molecular weight is 386 g/mol. The third-order valence-electron chi connectivity index (χ3n) is 4.32. The van der Waals surface area contributed by atoms with Gasteiger partial charge in [0.15, 0.2) is 29.6 Å². The number of aliphatic hydroxyl groups excluding tert-OH is 1. The molecular formula is C14H16ClN5O6. The summed E-state index contributed by atoms with van der Waals surface area (Å²) in [6, 6.07) is 0. The Morgan fingerprint density at radius 2 is 2.08 bits per heavy atom. The maximum absolute atomic E-state index is 11.2. The molecule has 2 aliphatic heterocycles. The van der Waals surface area contributed by atoms with Crippen molar-refractivity contribution in [3.8, 4) is 0 Å². The van der Waals surface area contributed by atoms with E-state index in [4.69, 9.17) is 36.7 Å². The maximum Gasteiger partial charge on any atom is 0.335 e. The van der Waals surface area contributed by atoms with Crippen molar-refractivity contribution in [2.24, 2.45) is 0 Å². The molecule has 140 valence electrons. The minimum atomic E-state index is -1.79. The number of fused-ring (bicyclic) bond motifs is 2. The third-order valence-corrected chi connectivity index (χ3v) is 4.49. The Labute approximate surface area is 151 Å². The van der Waals surface area contributed by atoms with Crippen molar-refractivity contribution in [2.45, 2.75) is 50.3 Å². The van der Waals surface area contributed by atoms with Crippen molar-refractivity contribution in [2.75, 3.05) is 5.73 Å². The molecule has 2 saturated heterocycles. The number of hydrogen-bond donors (Lipinski definition) is 3. The van der Waals surface area contributed by atoms with Gasteiger partial charge in [0.05, 0.1) is 6.33 Å². The molecule has 4 heterocycles. The first-order valence-electron chi connectivity index (χ1n) is 7.75. The van der Waals surface area contributed by atoms with Gasteiger partial charge in [0, 0.05) is 0 Å². The lowest BCUT2D eigenvalue weighted by atomic mass is 10.1. The number of hydrogen-bond acceptors (Lipinski definition) is 9. The molecule has 0 spiro atoms. The van der Waals surface area contributed by atoms with Crippen LogP contribution < -0.4 is 5.73 Å². The molecule has 0 amide bonds. The van der Waals surface area contributed by atoms with Gasteiger partial charge >= 0.3 is 5.97 Å². The topological polar surface area (TPSA) is 155 Å². The number of anilines is 1. The number of nitrogens with two attached hydrogens (primary N) is 1. The summed E-state index contributed by atoms with van der Waals surface area (Å²) in [6.45, 7) is 3.38. The van der Waals surface area contributed by atoms with Crippen LogP contribution in [0.5, 0.6) is 0 Å². The summed E-state index contributed by atoms with van der Waals surface area (Å²) in [5, 5.41) is 19.1. The van der Waals surface area contributed by atoms with Gasteiger partial charge in [0.25, 0.3) is 0 Å². The van der Waals surface area contributed by atoms with Gasteiger partial charge in [-0.1, -0.05) is 0 Å². The second kappa shape index (κ2) is 5.72. The highest BCUT2D eigenvalue weighted by atomic mass is 35.5. The quantitative estimate of drug-likeness (QED) is 0.611. The normalized spacial score (nSPS) is 31.2. The van der Waals surface area contributed by atoms with E-state index in [1.807, 2.05) is 0 Å². The summed E-state index contributed by atoms with van der Waals surface area (Å²) in [5.41, 5.74) is 6.42. The number of nitrogens with zero attached hydrogens (tertiary/aromatic N) is 4.